The van der Waals surface area contributed by atoms with Crippen molar-refractivity contribution in [3.05, 3.63) is 10.7 Å². The first-order chi connectivity index (χ1) is 6.19. The van der Waals surface area contributed by atoms with E-state index in [2.05, 4.69) is 4.98 Å². The minimum absolute atomic E-state index is 0.294. The van der Waals surface area contributed by atoms with Gasteiger partial charge in [-0.3, -0.25) is 0 Å². The van der Waals surface area contributed by atoms with Crippen LogP contribution in [0.4, 0.5) is 0 Å². The monoisotopic (exact) mass is 261 g/mol. The third-order valence-electron chi connectivity index (χ3n) is 1.47. The van der Waals surface area contributed by atoms with E-state index in [4.69, 9.17) is 4.74 Å². The third-order valence-corrected chi connectivity index (χ3v) is 3.81. The molecule has 1 unspecified atom stereocenters. The number of hydrogen-bond donors (Lipinski definition) is 0. The van der Waals surface area contributed by atoms with Crippen molar-refractivity contribution in [1.29, 1.82) is 0 Å². The van der Waals surface area contributed by atoms with Crippen LogP contribution in [0.15, 0.2) is 0 Å². The molecule has 1 heterocycles. The molecule has 0 radical (unpaired) electrons. The van der Waals surface area contributed by atoms with Gasteiger partial charge in [0.15, 0.2) is 0 Å². The fourth-order valence-electron chi connectivity index (χ4n) is 0.875. The molecule has 1 aromatic rings. The topological polar surface area (TPSA) is 39.2 Å². The van der Waals surface area contributed by atoms with Gasteiger partial charge in [-0.15, -0.1) is 0 Å². The number of carbonyl (C=O) groups excluding carboxylic acids is 1. The molecule has 0 aromatic carbocycles. The Morgan fingerprint density at radius 2 is 2.31 bits per heavy atom. The van der Waals surface area contributed by atoms with Gasteiger partial charge < -0.3 is 0 Å². The van der Waals surface area contributed by atoms with E-state index >= 15 is 0 Å². The molecule has 0 aliphatic rings. The van der Waals surface area contributed by atoms with Crippen LogP contribution in [0.5, 0.6) is 0 Å². The van der Waals surface area contributed by atoms with Crippen LogP contribution in [0.25, 0.3) is 0 Å². The molecule has 1 atom stereocenters. The van der Waals surface area contributed by atoms with Gasteiger partial charge in [-0.1, -0.05) is 0 Å². The van der Waals surface area contributed by atoms with Crippen LogP contribution in [0.2, 0.25) is 0 Å². The summed E-state index contributed by atoms with van der Waals surface area (Å²) in [6.07, 6.45) is 0.876. The number of nitrogens with zero attached hydrogens (tertiary/aromatic N) is 1. The maximum atomic E-state index is 11.3. The summed E-state index contributed by atoms with van der Waals surface area (Å²) in [6, 6.07) is 0. The van der Waals surface area contributed by atoms with Gasteiger partial charge in [0.2, 0.25) is 0 Å². The molecule has 1 rings (SSSR count). The number of ether oxygens (including phenoxy) is 1. The van der Waals surface area contributed by atoms with E-state index in [1.165, 1.54) is 16.9 Å². The summed E-state index contributed by atoms with van der Waals surface area (Å²) in [6.45, 7) is 4.23. The fraction of sp³-hybridized carbons (Fsp3) is 0.500. The maximum absolute atomic E-state index is 11.3. The van der Waals surface area contributed by atoms with Gasteiger partial charge in [0.05, 0.1) is 0 Å². The van der Waals surface area contributed by atoms with E-state index < -0.39 is 0 Å². The molecule has 0 saturated carbocycles. The second kappa shape index (κ2) is 4.77. The molecule has 0 saturated heterocycles. The van der Waals surface area contributed by atoms with Gasteiger partial charge in [-0.2, -0.15) is 0 Å². The summed E-state index contributed by atoms with van der Waals surface area (Å²) in [4.78, 5) is 15.5. The number of esters is 1. The van der Waals surface area contributed by atoms with Crippen LogP contribution in [0.1, 0.15) is 29.3 Å². The van der Waals surface area contributed by atoms with Crippen molar-refractivity contribution >= 4 is 37.8 Å². The van der Waals surface area contributed by atoms with Crippen molar-refractivity contribution in [3.8, 4) is 0 Å². The Morgan fingerprint density at radius 1 is 1.62 bits per heavy atom. The van der Waals surface area contributed by atoms with E-state index in [1.807, 2.05) is 6.92 Å². The van der Waals surface area contributed by atoms with Gasteiger partial charge in [0.25, 0.3) is 0 Å². The molecule has 0 aliphatic carbocycles. The van der Waals surface area contributed by atoms with E-state index in [-0.39, 0.29) is 5.97 Å². The van der Waals surface area contributed by atoms with Crippen LogP contribution in [-0.2, 0) is 11.2 Å². The molecule has 0 spiro atoms. The van der Waals surface area contributed by atoms with Crippen LogP contribution >= 0.6 is 11.3 Å². The zero-order valence-electron chi connectivity index (χ0n) is 7.66. The minimum atomic E-state index is -0.294. The number of aryl methyl sites for hydroxylation is 1. The quantitative estimate of drug-likeness (QED) is 0.574. The van der Waals surface area contributed by atoms with Crippen molar-refractivity contribution in [2.75, 3.05) is 6.61 Å². The Morgan fingerprint density at radius 3 is 2.77 bits per heavy atom. The zero-order valence-corrected chi connectivity index (χ0v) is 10.9. The molecule has 5 heteroatoms. The Kier molecular flexibility index (Phi) is 3.94. The molecule has 0 amide bonds. The Hall–Kier alpha value is -0.342. The van der Waals surface area contributed by atoms with E-state index in [0.29, 0.717) is 12.3 Å². The van der Waals surface area contributed by atoms with E-state index in [0.717, 1.165) is 15.1 Å². The second-order valence-electron chi connectivity index (χ2n) is 2.39. The van der Waals surface area contributed by atoms with Crippen LogP contribution in [0.3, 0.4) is 0 Å². The average molecular weight is 261 g/mol. The first-order valence-corrected chi connectivity index (χ1v) is 6.14. The van der Waals surface area contributed by atoms with Crippen molar-refractivity contribution in [3.63, 3.8) is 0 Å². The summed E-state index contributed by atoms with van der Waals surface area (Å²) in [5.74, 6) is -0.294. The first kappa shape index (κ1) is 10.7. The molecule has 0 N–H and O–H groups in total. The molecule has 1 aromatic heterocycles. The average Bonchev–Trinajstić information content (AvgIpc) is 2.47. The summed E-state index contributed by atoms with van der Waals surface area (Å²) in [5.41, 5.74) is 0.503. The SMILES string of the molecule is CCOC(=O)c1nc(CC)sc1[AsH2]. The Labute approximate surface area is 90.0 Å². The zero-order chi connectivity index (χ0) is 9.84. The predicted molar refractivity (Wildman–Crippen MR) is 55.6 cm³/mol. The molecule has 3 nitrogen and oxygen atoms in total. The van der Waals surface area contributed by atoms with Crippen molar-refractivity contribution in [1.82, 2.24) is 4.98 Å². The Balaban J connectivity index is 2.87. The fourth-order valence-corrected chi connectivity index (χ4v) is 2.87. The van der Waals surface area contributed by atoms with Gasteiger partial charge in [-0.05, 0) is 0 Å². The summed E-state index contributed by atoms with van der Waals surface area (Å²) in [5, 5.41) is 1.00. The van der Waals surface area contributed by atoms with E-state index in [9.17, 15) is 4.79 Å². The number of aromatic nitrogens is 1. The van der Waals surface area contributed by atoms with Crippen LogP contribution in [-0.4, -0.2) is 34.4 Å². The van der Waals surface area contributed by atoms with Crippen molar-refractivity contribution in [2.24, 2.45) is 0 Å². The second-order valence-corrected chi connectivity index (χ2v) is 5.60. The van der Waals surface area contributed by atoms with Crippen molar-refractivity contribution in [2.45, 2.75) is 20.3 Å². The Bertz CT molecular complexity index is 311. The number of carbonyl (C=O) groups is 1. The molecule has 0 aliphatic heterocycles. The molecular weight excluding hydrogens is 249 g/mol. The molecule has 72 valence electrons. The van der Waals surface area contributed by atoms with Crippen LogP contribution < -0.4 is 3.66 Å². The van der Waals surface area contributed by atoms with Gasteiger partial charge >= 0.3 is 89.9 Å². The predicted octanol–water partition coefficient (Wildman–Crippen LogP) is 0.141. The number of hydrogen-bond acceptors (Lipinski definition) is 4. The standard InChI is InChI=1S/C8H12AsNO2S/c1-3-5-10-6(7(9)13-5)8(11)12-4-2/h3-4,9H2,1-2H3. The summed E-state index contributed by atoms with van der Waals surface area (Å²) >= 11 is 3.01. The van der Waals surface area contributed by atoms with Gasteiger partial charge in [0, 0.05) is 0 Å². The summed E-state index contributed by atoms with van der Waals surface area (Å²) in [7, 11) is 0. The number of rotatable bonds is 3. The molecule has 0 bridgehead atoms. The first-order valence-electron chi connectivity index (χ1n) is 4.11. The molecular formula is C8H12AsNO2S. The normalized spacial score (nSPS) is 10.1. The summed E-state index contributed by atoms with van der Waals surface area (Å²) < 4.78 is 5.88. The van der Waals surface area contributed by atoms with Gasteiger partial charge in [0.1, 0.15) is 0 Å². The van der Waals surface area contributed by atoms with Crippen molar-refractivity contribution < 1.29 is 9.53 Å². The van der Waals surface area contributed by atoms with Crippen LogP contribution in [0, 0.1) is 0 Å². The number of thiazole rings is 1. The molecule has 0 fully saturated rings. The van der Waals surface area contributed by atoms with Gasteiger partial charge in [-0.25, -0.2) is 0 Å². The molecule has 13 heavy (non-hydrogen) atoms. The third kappa shape index (κ3) is 2.55. The van der Waals surface area contributed by atoms with E-state index in [1.54, 1.807) is 18.3 Å².